The highest BCUT2D eigenvalue weighted by atomic mass is 16.5. The van der Waals surface area contributed by atoms with Gasteiger partial charge in [-0.15, -0.1) is 0 Å². The number of nitrogens with one attached hydrogen (secondary N) is 2. The highest BCUT2D eigenvalue weighted by Crippen LogP contribution is 2.34. The number of hydrogen-bond acceptors (Lipinski definition) is 3. The van der Waals surface area contributed by atoms with E-state index in [0.717, 1.165) is 26.1 Å². The molecule has 2 aliphatic heterocycles. The second kappa shape index (κ2) is 3.16. The summed E-state index contributed by atoms with van der Waals surface area (Å²) in [6.07, 6.45) is 1.08. The zero-order valence-electron chi connectivity index (χ0n) is 7.51. The minimum Gasteiger partial charge on any atom is -0.371 e. The van der Waals surface area contributed by atoms with Crippen molar-refractivity contribution in [3.63, 3.8) is 0 Å². The Morgan fingerprint density at radius 1 is 1.77 bits per heavy atom. The molecule has 74 valence electrons. The lowest BCUT2D eigenvalue weighted by molar-refractivity contribution is 0.00639. The third-order valence-corrected chi connectivity index (χ3v) is 2.98. The van der Waals surface area contributed by atoms with E-state index in [1.165, 1.54) is 0 Å². The normalized spacial score (nSPS) is 37.4. The zero-order chi connectivity index (χ0) is 9.31. The van der Waals surface area contributed by atoms with Crippen LogP contribution in [-0.2, 0) is 4.74 Å². The first kappa shape index (κ1) is 8.77. The molecule has 2 amide bonds. The van der Waals surface area contributed by atoms with Crippen molar-refractivity contribution in [3.8, 4) is 0 Å². The van der Waals surface area contributed by atoms with Gasteiger partial charge in [-0.05, 0) is 6.42 Å². The van der Waals surface area contributed by atoms with Crippen LogP contribution in [-0.4, -0.2) is 37.9 Å². The first-order valence-corrected chi connectivity index (χ1v) is 4.61. The molecule has 0 aliphatic carbocycles. The summed E-state index contributed by atoms with van der Waals surface area (Å²) in [5.74, 6) is 0.527. The van der Waals surface area contributed by atoms with E-state index in [9.17, 15) is 4.79 Å². The predicted octanol–water partition coefficient (Wildman–Crippen LogP) is -0.967. The fourth-order valence-corrected chi connectivity index (χ4v) is 2.22. The zero-order valence-corrected chi connectivity index (χ0v) is 7.51. The van der Waals surface area contributed by atoms with Crippen LogP contribution in [0.15, 0.2) is 0 Å². The van der Waals surface area contributed by atoms with Crippen LogP contribution in [0.4, 0.5) is 4.79 Å². The Balaban J connectivity index is 1.97. The average molecular weight is 185 g/mol. The molecule has 2 aliphatic rings. The molecule has 2 fully saturated rings. The van der Waals surface area contributed by atoms with Crippen molar-refractivity contribution in [1.29, 1.82) is 0 Å². The molecule has 0 aromatic rings. The number of urea groups is 1. The highest BCUT2D eigenvalue weighted by molar-refractivity contribution is 5.71. The molecule has 2 atom stereocenters. The Hall–Kier alpha value is -0.810. The maximum atomic E-state index is 10.6. The molecule has 2 rings (SSSR count). The van der Waals surface area contributed by atoms with Crippen LogP contribution in [0.5, 0.6) is 0 Å². The molecular weight excluding hydrogens is 170 g/mol. The van der Waals surface area contributed by atoms with Crippen molar-refractivity contribution in [2.45, 2.75) is 12.0 Å². The summed E-state index contributed by atoms with van der Waals surface area (Å²) in [5, 5.41) is 5.90. The molecule has 0 bridgehead atoms. The quantitative estimate of drug-likeness (QED) is 0.518. The van der Waals surface area contributed by atoms with Gasteiger partial charge in [0, 0.05) is 32.2 Å². The molecule has 13 heavy (non-hydrogen) atoms. The number of hydrogen-bond donors (Lipinski definition) is 3. The van der Waals surface area contributed by atoms with Crippen LogP contribution in [0.25, 0.3) is 0 Å². The van der Waals surface area contributed by atoms with Gasteiger partial charge in [0.25, 0.3) is 0 Å². The van der Waals surface area contributed by atoms with E-state index in [1.54, 1.807) is 0 Å². The van der Waals surface area contributed by atoms with Gasteiger partial charge in [0.1, 0.15) is 5.60 Å². The molecule has 2 heterocycles. The van der Waals surface area contributed by atoms with Gasteiger partial charge in [0.05, 0.1) is 0 Å². The van der Waals surface area contributed by atoms with Crippen molar-refractivity contribution < 1.29 is 9.53 Å². The van der Waals surface area contributed by atoms with Crippen molar-refractivity contribution in [1.82, 2.24) is 10.6 Å². The van der Waals surface area contributed by atoms with Crippen molar-refractivity contribution in [3.05, 3.63) is 0 Å². The van der Waals surface area contributed by atoms with Crippen molar-refractivity contribution in [2.75, 3.05) is 26.2 Å². The van der Waals surface area contributed by atoms with Gasteiger partial charge in [0.2, 0.25) is 0 Å². The first-order chi connectivity index (χ1) is 6.23. The summed E-state index contributed by atoms with van der Waals surface area (Å²) in [6.45, 7) is 3.13. The maximum absolute atomic E-state index is 10.6. The summed E-state index contributed by atoms with van der Waals surface area (Å²) in [4.78, 5) is 10.6. The van der Waals surface area contributed by atoms with Crippen LogP contribution in [0, 0.1) is 5.92 Å². The number of carbonyl (C=O) groups excluding carboxylic acids is 1. The topological polar surface area (TPSA) is 76.4 Å². The van der Waals surface area contributed by atoms with Crippen molar-refractivity contribution in [2.24, 2.45) is 11.7 Å². The fourth-order valence-electron chi connectivity index (χ4n) is 2.22. The van der Waals surface area contributed by atoms with E-state index in [2.05, 4.69) is 10.6 Å². The number of amides is 2. The Morgan fingerprint density at radius 3 is 3.38 bits per heavy atom. The Kier molecular flexibility index (Phi) is 2.13. The van der Waals surface area contributed by atoms with Gasteiger partial charge in [-0.1, -0.05) is 0 Å². The lowest BCUT2D eigenvalue weighted by Gasteiger charge is -2.27. The van der Waals surface area contributed by atoms with E-state index >= 15 is 0 Å². The van der Waals surface area contributed by atoms with Gasteiger partial charge >= 0.3 is 6.03 Å². The Morgan fingerprint density at radius 2 is 2.62 bits per heavy atom. The number of primary amides is 1. The van der Waals surface area contributed by atoms with Crippen LogP contribution < -0.4 is 16.4 Å². The second-order valence-electron chi connectivity index (χ2n) is 3.75. The van der Waals surface area contributed by atoms with Crippen LogP contribution in [0.1, 0.15) is 6.42 Å². The molecule has 2 saturated heterocycles. The van der Waals surface area contributed by atoms with E-state index in [1.807, 2.05) is 0 Å². The molecule has 5 nitrogen and oxygen atoms in total. The summed E-state index contributed by atoms with van der Waals surface area (Å²) in [5.41, 5.74) is 4.84. The molecule has 2 unspecified atom stereocenters. The van der Waals surface area contributed by atoms with E-state index in [0.29, 0.717) is 12.5 Å². The van der Waals surface area contributed by atoms with Crippen LogP contribution >= 0.6 is 0 Å². The third kappa shape index (κ3) is 1.49. The lowest BCUT2D eigenvalue weighted by atomic mass is 9.91. The van der Waals surface area contributed by atoms with Gasteiger partial charge in [-0.25, -0.2) is 4.79 Å². The molecule has 0 aromatic carbocycles. The smallest absolute Gasteiger partial charge is 0.312 e. The molecule has 5 heteroatoms. The maximum Gasteiger partial charge on any atom is 0.312 e. The number of carbonyl (C=O) groups is 1. The van der Waals surface area contributed by atoms with Gasteiger partial charge in [-0.3, -0.25) is 0 Å². The lowest BCUT2D eigenvalue weighted by Crippen LogP contribution is -2.48. The molecule has 0 saturated carbocycles. The predicted molar refractivity (Wildman–Crippen MR) is 47.2 cm³/mol. The van der Waals surface area contributed by atoms with E-state index in [-0.39, 0.29) is 5.60 Å². The standard InChI is InChI=1S/C8H15N3O2/c9-7(12)11-5-8-4-10-3-6(8)1-2-13-8/h6,10H,1-5H2,(H3,9,11,12). The monoisotopic (exact) mass is 185 g/mol. The number of rotatable bonds is 2. The summed E-state index contributed by atoms with van der Waals surface area (Å²) in [7, 11) is 0. The minimum atomic E-state index is -0.476. The Bertz CT molecular complexity index is 209. The third-order valence-electron chi connectivity index (χ3n) is 2.98. The van der Waals surface area contributed by atoms with Crippen molar-refractivity contribution >= 4 is 6.03 Å². The molecule has 0 aromatic heterocycles. The summed E-state index contributed by atoms with van der Waals surface area (Å²) >= 11 is 0. The largest absolute Gasteiger partial charge is 0.371 e. The van der Waals surface area contributed by atoms with Gasteiger partial charge < -0.3 is 21.1 Å². The SMILES string of the molecule is NC(=O)NCC12CNCC1CCO2. The fraction of sp³-hybridized carbons (Fsp3) is 0.875. The summed E-state index contributed by atoms with van der Waals surface area (Å²) in [6, 6.07) is -0.476. The van der Waals surface area contributed by atoms with Gasteiger partial charge in [0.15, 0.2) is 0 Å². The first-order valence-electron chi connectivity index (χ1n) is 4.61. The number of ether oxygens (including phenoxy) is 1. The Labute approximate surface area is 77.0 Å². The highest BCUT2D eigenvalue weighted by Gasteiger charge is 2.47. The molecule has 0 spiro atoms. The minimum absolute atomic E-state index is 0.185. The molecule has 0 radical (unpaired) electrons. The van der Waals surface area contributed by atoms with E-state index in [4.69, 9.17) is 10.5 Å². The average Bonchev–Trinajstić information content (AvgIpc) is 2.57. The van der Waals surface area contributed by atoms with E-state index < -0.39 is 6.03 Å². The molecular formula is C8H15N3O2. The van der Waals surface area contributed by atoms with Crippen LogP contribution in [0.2, 0.25) is 0 Å². The van der Waals surface area contributed by atoms with Gasteiger partial charge in [-0.2, -0.15) is 0 Å². The van der Waals surface area contributed by atoms with Crippen LogP contribution in [0.3, 0.4) is 0 Å². The second-order valence-corrected chi connectivity index (χ2v) is 3.75. The number of fused-ring (bicyclic) bond motifs is 1. The molecule has 4 N–H and O–H groups in total. The number of nitrogens with two attached hydrogens (primary N) is 1. The summed E-state index contributed by atoms with van der Waals surface area (Å²) < 4.78 is 5.68.